The molecule has 1 aliphatic heterocycles. The topological polar surface area (TPSA) is 67.6 Å². The molecule has 2 heterocycles. The normalized spacial score (nSPS) is 18.8. The number of nitrogens with zero attached hydrogens (tertiary/aromatic N) is 1. The van der Waals surface area contributed by atoms with Crippen LogP contribution in [-0.2, 0) is 9.84 Å². The quantitative estimate of drug-likeness (QED) is 0.740. The molecule has 7 heteroatoms. The van der Waals surface area contributed by atoms with Crippen molar-refractivity contribution in [3.05, 3.63) is 47.2 Å². The Hall–Kier alpha value is -1.79. The molecule has 0 unspecified atom stereocenters. The number of benzene rings is 1. The monoisotopic (exact) mass is 395 g/mol. The summed E-state index contributed by atoms with van der Waals surface area (Å²) in [5.41, 5.74) is 0.719. The molecule has 1 aromatic heterocycles. The van der Waals surface area contributed by atoms with Crippen LogP contribution in [0.5, 0.6) is 0 Å². The van der Waals surface area contributed by atoms with Gasteiger partial charge in [0.1, 0.15) is 5.76 Å². The number of rotatable bonds is 6. The molecule has 1 atom stereocenters. The van der Waals surface area contributed by atoms with Crippen molar-refractivity contribution < 1.29 is 17.6 Å². The molecular weight excluding hydrogens is 374 g/mol. The average Bonchev–Trinajstić information content (AvgIpc) is 3.22. The van der Waals surface area contributed by atoms with Crippen LogP contribution in [0.15, 0.2) is 40.8 Å². The first-order chi connectivity index (χ1) is 12.4. The molecule has 0 radical (unpaired) electrons. The number of hydrogen-bond acceptors (Lipinski definition) is 4. The first-order valence-corrected chi connectivity index (χ1v) is 11.0. The number of furan rings is 1. The number of carbonyl (C=O) groups excluding carboxylic acids is 1. The smallest absolute Gasteiger partial charge is 0.289 e. The second-order valence-corrected chi connectivity index (χ2v) is 9.19. The molecule has 1 amide bonds. The van der Waals surface area contributed by atoms with Crippen LogP contribution in [0, 0.1) is 0 Å². The standard InChI is InChI=1S/C19H22ClNO4S/c1-2-3-11-21(14-10-12-26(23,24)13-14)19(22)18-9-8-17(25-18)15-6-4-5-7-16(15)20/h4-9,14H,2-3,10-13H2,1H3/t14-/m0/s1. The van der Waals surface area contributed by atoms with Gasteiger partial charge in [0.2, 0.25) is 0 Å². The highest BCUT2D eigenvalue weighted by atomic mass is 35.5. The van der Waals surface area contributed by atoms with Crippen molar-refractivity contribution in [1.29, 1.82) is 0 Å². The third kappa shape index (κ3) is 4.13. The Morgan fingerprint density at radius 2 is 2.04 bits per heavy atom. The number of hydrogen-bond donors (Lipinski definition) is 0. The Balaban J connectivity index is 1.84. The predicted octanol–water partition coefficient (Wildman–Crippen LogP) is 4.03. The van der Waals surface area contributed by atoms with Crippen molar-refractivity contribution >= 4 is 27.3 Å². The second kappa shape index (κ2) is 7.84. The van der Waals surface area contributed by atoms with E-state index in [-0.39, 0.29) is 29.2 Å². The van der Waals surface area contributed by atoms with E-state index < -0.39 is 9.84 Å². The Morgan fingerprint density at radius 3 is 2.69 bits per heavy atom. The van der Waals surface area contributed by atoms with E-state index >= 15 is 0 Å². The molecule has 0 saturated carbocycles. The maximum absolute atomic E-state index is 13.0. The Bertz CT molecular complexity index is 890. The highest BCUT2D eigenvalue weighted by molar-refractivity contribution is 7.91. The van der Waals surface area contributed by atoms with Crippen molar-refractivity contribution in [3.8, 4) is 11.3 Å². The third-order valence-corrected chi connectivity index (χ3v) is 6.70. The minimum atomic E-state index is -3.07. The van der Waals surface area contributed by atoms with Gasteiger partial charge in [0, 0.05) is 18.2 Å². The molecular formula is C19H22ClNO4S. The van der Waals surface area contributed by atoms with Gasteiger partial charge in [0.15, 0.2) is 15.6 Å². The summed E-state index contributed by atoms with van der Waals surface area (Å²) in [6.07, 6.45) is 2.22. The van der Waals surface area contributed by atoms with E-state index in [2.05, 4.69) is 0 Å². The van der Waals surface area contributed by atoms with Crippen LogP contribution in [0.1, 0.15) is 36.7 Å². The van der Waals surface area contributed by atoms with Crippen LogP contribution in [-0.4, -0.2) is 43.3 Å². The highest BCUT2D eigenvalue weighted by Crippen LogP contribution is 2.30. The van der Waals surface area contributed by atoms with E-state index in [0.29, 0.717) is 23.7 Å². The second-order valence-electron chi connectivity index (χ2n) is 6.55. The van der Waals surface area contributed by atoms with Gasteiger partial charge in [-0.3, -0.25) is 4.79 Å². The van der Waals surface area contributed by atoms with Gasteiger partial charge in [0.25, 0.3) is 5.91 Å². The van der Waals surface area contributed by atoms with E-state index in [4.69, 9.17) is 16.0 Å². The van der Waals surface area contributed by atoms with Crippen LogP contribution >= 0.6 is 11.6 Å². The van der Waals surface area contributed by atoms with E-state index in [9.17, 15) is 13.2 Å². The maximum Gasteiger partial charge on any atom is 0.289 e. The zero-order valence-electron chi connectivity index (χ0n) is 14.7. The fraction of sp³-hybridized carbons (Fsp3) is 0.421. The van der Waals surface area contributed by atoms with Gasteiger partial charge in [-0.1, -0.05) is 37.1 Å². The van der Waals surface area contributed by atoms with Gasteiger partial charge in [-0.05, 0) is 37.1 Å². The molecule has 0 N–H and O–H groups in total. The summed E-state index contributed by atoms with van der Waals surface area (Å²) >= 11 is 6.19. The zero-order chi connectivity index (χ0) is 18.7. The zero-order valence-corrected chi connectivity index (χ0v) is 16.2. The number of unbranched alkanes of at least 4 members (excludes halogenated alkanes) is 1. The van der Waals surface area contributed by atoms with Crippen molar-refractivity contribution in [1.82, 2.24) is 4.90 Å². The molecule has 26 heavy (non-hydrogen) atoms. The van der Waals surface area contributed by atoms with Crippen LogP contribution < -0.4 is 0 Å². The summed E-state index contributed by atoms with van der Waals surface area (Å²) in [7, 11) is -3.07. The lowest BCUT2D eigenvalue weighted by molar-refractivity contribution is 0.0662. The van der Waals surface area contributed by atoms with Gasteiger partial charge in [-0.15, -0.1) is 0 Å². The summed E-state index contributed by atoms with van der Waals surface area (Å²) in [6.45, 7) is 2.56. The summed E-state index contributed by atoms with van der Waals surface area (Å²) in [4.78, 5) is 14.6. The van der Waals surface area contributed by atoms with Crippen LogP contribution in [0.25, 0.3) is 11.3 Å². The molecule has 1 fully saturated rings. The average molecular weight is 396 g/mol. The van der Waals surface area contributed by atoms with Gasteiger partial charge in [-0.2, -0.15) is 0 Å². The summed E-state index contributed by atoms with van der Waals surface area (Å²) < 4.78 is 29.4. The molecule has 1 aromatic carbocycles. The number of sulfone groups is 1. The van der Waals surface area contributed by atoms with E-state index in [0.717, 1.165) is 18.4 Å². The first kappa shape index (κ1) is 19.0. The fourth-order valence-electron chi connectivity index (χ4n) is 3.20. The Morgan fingerprint density at radius 1 is 1.27 bits per heavy atom. The molecule has 5 nitrogen and oxygen atoms in total. The minimum absolute atomic E-state index is 0.0283. The first-order valence-electron chi connectivity index (χ1n) is 8.77. The number of halogens is 1. The van der Waals surface area contributed by atoms with Crippen molar-refractivity contribution in [3.63, 3.8) is 0 Å². The molecule has 3 rings (SSSR count). The lowest BCUT2D eigenvalue weighted by atomic mass is 10.1. The van der Waals surface area contributed by atoms with Crippen molar-refractivity contribution in [2.45, 2.75) is 32.2 Å². The molecule has 0 bridgehead atoms. The van der Waals surface area contributed by atoms with Crippen LogP contribution in [0.2, 0.25) is 5.02 Å². The highest BCUT2D eigenvalue weighted by Gasteiger charge is 2.35. The van der Waals surface area contributed by atoms with E-state index in [1.165, 1.54) is 0 Å². The maximum atomic E-state index is 13.0. The number of carbonyl (C=O) groups is 1. The lowest BCUT2D eigenvalue weighted by Gasteiger charge is -2.27. The van der Waals surface area contributed by atoms with Crippen molar-refractivity contribution in [2.24, 2.45) is 0 Å². The Labute approximate surface area is 158 Å². The fourth-order valence-corrected chi connectivity index (χ4v) is 5.16. The molecule has 1 saturated heterocycles. The summed E-state index contributed by atoms with van der Waals surface area (Å²) in [5.74, 6) is 0.629. The molecule has 140 valence electrons. The van der Waals surface area contributed by atoms with Crippen molar-refractivity contribution in [2.75, 3.05) is 18.1 Å². The van der Waals surface area contributed by atoms with Crippen LogP contribution in [0.3, 0.4) is 0 Å². The van der Waals surface area contributed by atoms with Gasteiger partial charge in [0.05, 0.1) is 16.5 Å². The largest absolute Gasteiger partial charge is 0.451 e. The molecule has 0 spiro atoms. The molecule has 1 aliphatic rings. The Kier molecular flexibility index (Phi) is 5.73. The van der Waals surface area contributed by atoms with E-state index in [1.807, 2.05) is 25.1 Å². The lowest BCUT2D eigenvalue weighted by Crippen LogP contribution is -2.41. The summed E-state index contributed by atoms with van der Waals surface area (Å²) in [6, 6.07) is 10.3. The number of amides is 1. The summed E-state index contributed by atoms with van der Waals surface area (Å²) in [5, 5.41) is 0.547. The van der Waals surface area contributed by atoms with Crippen LogP contribution in [0.4, 0.5) is 0 Å². The van der Waals surface area contributed by atoms with Gasteiger partial charge in [-0.25, -0.2) is 8.42 Å². The molecule has 0 aliphatic carbocycles. The predicted molar refractivity (Wildman–Crippen MR) is 102 cm³/mol. The minimum Gasteiger partial charge on any atom is -0.451 e. The van der Waals surface area contributed by atoms with E-state index in [1.54, 1.807) is 23.1 Å². The van der Waals surface area contributed by atoms with Gasteiger partial charge < -0.3 is 9.32 Å². The SMILES string of the molecule is CCCCN(C(=O)c1ccc(-c2ccccc2Cl)o1)[C@H]1CCS(=O)(=O)C1. The van der Waals surface area contributed by atoms with Gasteiger partial charge >= 0.3 is 0 Å². The third-order valence-electron chi connectivity index (χ3n) is 4.62. The molecule has 2 aromatic rings.